The lowest BCUT2D eigenvalue weighted by atomic mass is 10.2. The molecule has 1 aromatic heterocycles. The monoisotopic (exact) mass is 248 g/mol. The van der Waals surface area contributed by atoms with Gasteiger partial charge in [-0.3, -0.25) is 14.2 Å². The zero-order valence-corrected chi connectivity index (χ0v) is 9.93. The van der Waals surface area contributed by atoms with Gasteiger partial charge in [-0.05, 0) is 32.0 Å². The molecule has 2 rings (SSSR count). The van der Waals surface area contributed by atoms with Crippen LogP contribution in [0.25, 0.3) is 11.0 Å². The highest BCUT2D eigenvalue weighted by Gasteiger charge is 2.12. The van der Waals surface area contributed by atoms with Crippen LogP contribution in [0.5, 0.6) is 0 Å². The van der Waals surface area contributed by atoms with Gasteiger partial charge in [-0.15, -0.1) is 0 Å². The Morgan fingerprint density at radius 3 is 2.56 bits per heavy atom. The first-order valence-electron chi connectivity index (χ1n) is 5.43. The average Bonchev–Trinajstić information content (AvgIpc) is 2.29. The Morgan fingerprint density at radius 2 is 2.00 bits per heavy atom. The highest BCUT2D eigenvalue weighted by Crippen LogP contribution is 2.15. The third kappa shape index (κ3) is 1.81. The molecule has 1 heterocycles. The molecule has 18 heavy (non-hydrogen) atoms. The third-order valence-electron chi connectivity index (χ3n) is 2.68. The van der Waals surface area contributed by atoms with Crippen LogP contribution in [0.4, 0.5) is 0 Å². The molecule has 2 N–H and O–H groups in total. The molecule has 0 aliphatic heterocycles. The number of aromatic carboxylic acids is 1. The number of carboxylic acids is 1. The van der Waals surface area contributed by atoms with Crippen LogP contribution in [0.15, 0.2) is 27.8 Å². The van der Waals surface area contributed by atoms with Gasteiger partial charge in [-0.1, -0.05) is 0 Å². The molecule has 6 nitrogen and oxygen atoms in total. The summed E-state index contributed by atoms with van der Waals surface area (Å²) in [5, 5.41) is 8.94. The number of nitrogens with zero attached hydrogens (tertiary/aromatic N) is 1. The van der Waals surface area contributed by atoms with E-state index < -0.39 is 17.1 Å². The van der Waals surface area contributed by atoms with E-state index in [1.54, 1.807) is 13.8 Å². The molecule has 6 heteroatoms. The van der Waals surface area contributed by atoms with Gasteiger partial charge in [0.25, 0.3) is 0 Å². The summed E-state index contributed by atoms with van der Waals surface area (Å²) < 4.78 is 1.29. The highest BCUT2D eigenvalue weighted by atomic mass is 16.4. The molecule has 0 bridgehead atoms. The maximum absolute atomic E-state index is 11.8. The van der Waals surface area contributed by atoms with E-state index in [2.05, 4.69) is 4.98 Å². The van der Waals surface area contributed by atoms with Crippen molar-refractivity contribution in [3.8, 4) is 0 Å². The standard InChI is InChI=1S/C12H12N2O4/c1-6(2)14-9-5-7(12(17)18)3-4-8(9)13-10(15)11(14)16/h3-6H,1-2H3,(H,13,15)(H,17,18). The minimum absolute atomic E-state index is 0.0725. The molecular formula is C12H12N2O4. The molecule has 0 aliphatic carbocycles. The summed E-state index contributed by atoms with van der Waals surface area (Å²) >= 11 is 0. The van der Waals surface area contributed by atoms with Crippen molar-refractivity contribution in [2.45, 2.75) is 19.9 Å². The molecule has 0 spiro atoms. The van der Waals surface area contributed by atoms with Gasteiger partial charge in [0, 0.05) is 6.04 Å². The van der Waals surface area contributed by atoms with Gasteiger partial charge in [0.1, 0.15) is 0 Å². The lowest BCUT2D eigenvalue weighted by molar-refractivity contribution is 0.0697. The zero-order valence-electron chi connectivity index (χ0n) is 9.93. The number of fused-ring (bicyclic) bond motifs is 1. The minimum atomic E-state index is -1.08. The average molecular weight is 248 g/mol. The molecule has 0 fully saturated rings. The Bertz CT molecular complexity index is 740. The summed E-state index contributed by atoms with van der Waals surface area (Å²) in [5.74, 6) is -1.08. The van der Waals surface area contributed by atoms with Crippen molar-refractivity contribution < 1.29 is 9.90 Å². The SMILES string of the molecule is CC(C)n1c(=O)c(=O)[nH]c2ccc(C(=O)O)cc21. The highest BCUT2D eigenvalue weighted by molar-refractivity contribution is 5.92. The van der Waals surface area contributed by atoms with E-state index in [4.69, 9.17) is 5.11 Å². The molecule has 0 atom stereocenters. The van der Waals surface area contributed by atoms with Crippen molar-refractivity contribution in [3.05, 3.63) is 44.5 Å². The normalized spacial score (nSPS) is 11.1. The molecule has 0 saturated heterocycles. The molecule has 94 valence electrons. The number of nitrogens with one attached hydrogen (secondary N) is 1. The molecule has 0 amide bonds. The van der Waals surface area contributed by atoms with Gasteiger partial charge in [-0.25, -0.2) is 4.79 Å². The van der Waals surface area contributed by atoms with Crippen LogP contribution in [-0.4, -0.2) is 20.6 Å². The fourth-order valence-corrected chi connectivity index (χ4v) is 1.88. The summed E-state index contributed by atoms with van der Waals surface area (Å²) in [5.41, 5.74) is -0.463. The Balaban J connectivity index is 2.96. The van der Waals surface area contributed by atoms with E-state index >= 15 is 0 Å². The van der Waals surface area contributed by atoms with Crippen LogP contribution in [0.1, 0.15) is 30.2 Å². The van der Waals surface area contributed by atoms with Crippen LogP contribution < -0.4 is 11.1 Å². The van der Waals surface area contributed by atoms with Crippen LogP contribution >= 0.6 is 0 Å². The molecule has 2 aromatic rings. The van der Waals surface area contributed by atoms with Gasteiger partial charge >= 0.3 is 17.1 Å². The van der Waals surface area contributed by atoms with Crippen molar-refractivity contribution >= 4 is 17.0 Å². The van der Waals surface area contributed by atoms with Gasteiger partial charge < -0.3 is 10.1 Å². The Morgan fingerprint density at radius 1 is 1.33 bits per heavy atom. The lowest BCUT2D eigenvalue weighted by Crippen LogP contribution is -2.37. The predicted octanol–water partition coefficient (Wildman–Crippen LogP) is 0.969. The van der Waals surface area contributed by atoms with E-state index in [-0.39, 0.29) is 11.6 Å². The van der Waals surface area contributed by atoms with Gasteiger partial charge in [0.15, 0.2) is 0 Å². The van der Waals surface area contributed by atoms with Crippen molar-refractivity contribution in [1.82, 2.24) is 9.55 Å². The van der Waals surface area contributed by atoms with Crippen LogP contribution in [0, 0.1) is 0 Å². The first-order valence-corrected chi connectivity index (χ1v) is 5.43. The lowest BCUT2D eigenvalue weighted by Gasteiger charge is -2.13. The quantitative estimate of drug-likeness (QED) is 0.774. The second-order valence-corrected chi connectivity index (χ2v) is 4.26. The number of H-pyrrole nitrogens is 1. The second-order valence-electron chi connectivity index (χ2n) is 4.26. The number of carboxylic acid groups (broad SMARTS) is 1. The summed E-state index contributed by atoms with van der Waals surface area (Å²) in [6, 6.07) is 4.02. The molecular weight excluding hydrogens is 236 g/mol. The number of rotatable bonds is 2. The first-order chi connectivity index (χ1) is 8.41. The Labute approximate surface area is 102 Å². The van der Waals surface area contributed by atoms with Crippen LogP contribution in [-0.2, 0) is 0 Å². The molecule has 0 radical (unpaired) electrons. The second kappa shape index (κ2) is 4.14. The minimum Gasteiger partial charge on any atom is -0.478 e. The smallest absolute Gasteiger partial charge is 0.335 e. The van der Waals surface area contributed by atoms with E-state index in [1.807, 2.05) is 0 Å². The van der Waals surface area contributed by atoms with Crippen molar-refractivity contribution in [3.63, 3.8) is 0 Å². The number of hydrogen-bond donors (Lipinski definition) is 2. The predicted molar refractivity (Wildman–Crippen MR) is 66.2 cm³/mol. The van der Waals surface area contributed by atoms with Crippen molar-refractivity contribution in [2.24, 2.45) is 0 Å². The number of aromatic nitrogens is 2. The summed E-state index contributed by atoms with van der Waals surface area (Å²) in [4.78, 5) is 36.6. The third-order valence-corrected chi connectivity index (χ3v) is 2.68. The largest absolute Gasteiger partial charge is 0.478 e. The zero-order chi connectivity index (χ0) is 13.4. The number of aromatic amines is 1. The summed E-state index contributed by atoms with van der Waals surface area (Å²) in [7, 11) is 0. The van der Waals surface area contributed by atoms with Gasteiger partial charge in [0.05, 0.1) is 16.6 Å². The van der Waals surface area contributed by atoms with E-state index in [1.165, 1.54) is 22.8 Å². The van der Waals surface area contributed by atoms with E-state index in [0.29, 0.717) is 11.0 Å². The Hall–Kier alpha value is -2.37. The number of hydrogen-bond acceptors (Lipinski definition) is 3. The van der Waals surface area contributed by atoms with Crippen molar-refractivity contribution in [2.75, 3.05) is 0 Å². The molecule has 0 aliphatic rings. The Kier molecular flexibility index (Phi) is 2.78. The number of benzene rings is 1. The van der Waals surface area contributed by atoms with E-state index in [9.17, 15) is 14.4 Å². The fourth-order valence-electron chi connectivity index (χ4n) is 1.88. The van der Waals surface area contributed by atoms with Gasteiger partial charge in [-0.2, -0.15) is 0 Å². The summed E-state index contributed by atoms with van der Waals surface area (Å²) in [6.07, 6.45) is 0. The van der Waals surface area contributed by atoms with Crippen LogP contribution in [0.2, 0.25) is 0 Å². The maximum atomic E-state index is 11.8. The van der Waals surface area contributed by atoms with Crippen molar-refractivity contribution in [1.29, 1.82) is 0 Å². The topological polar surface area (TPSA) is 92.2 Å². The molecule has 0 saturated carbocycles. The molecule has 1 aromatic carbocycles. The van der Waals surface area contributed by atoms with Crippen LogP contribution in [0.3, 0.4) is 0 Å². The first kappa shape index (κ1) is 12.1. The fraction of sp³-hybridized carbons (Fsp3) is 0.250. The summed E-state index contributed by atoms with van der Waals surface area (Å²) in [6.45, 7) is 3.52. The maximum Gasteiger partial charge on any atom is 0.335 e. The number of carbonyl (C=O) groups is 1. The van der Waals surface area contributed by atoms with E-state index in [0.717, 1.165) is 0 Å². The molecule has 0 unspecified atom stereocenters. The van der Waals surface area contributed by atoms with Gasteiger partial charge in [0.2, 0.25) is 0 Å².